The highest BCUT2D eigenvalue weighted by molar-refractivity contribution is 7.89. The predicted molar refractivity (Wildman–Crippen MR) is 101 cm³/mol. The lowest BCUT2D eigenvalue weighted by molar-refractivity contribution is 0.579. The van der Waals surface area contributed by atoms with Gasteiger partial charge in [-0.25, -0.2) is 27.0 Å². The zero-order valence-electron chi connectivity index (χ0n) is 14.3. The van der Waals surface area contributed by atoms with Gasteiger partial charge < -0.3 is 0 Å². The van der Waals surface area contributed by atoms with Crippen molar-refractivity contribution in [2.75, 3.05) is 0 Å². The Morgan fingerprint density at radius 3 is 2.52 bits per heavy atom. The number of imidazole rings is 1. The normalized spacial score (nSPS) is 11.9. The molecule has 0 aliphatic carbocycles. The topological polar surface area (TPSA) is 76.4 Å². The van der Waals surface area contributed by atoms with Gasteiger partial charge in [-0.1, -0.05) is 41.7 Å². The van der Waals surface area contributed by atoms with Crippen molar-refractivity contribution >= 4 is 26.3 Å². The highest BCUT2D eigenvalue weighted by atomic mass is 32.2. The summed E-state index contributed by atoms with van der Waals surface area (Å²) in [5, 5.41) is 5.27. The summed E-state index contributed by atoms with van der Waals surface area (Å²) in [5.41, 5.74) is 2.20. The smallest absolute Gasteiger partial charge is 0.217 e. The number of aryl methyl sites for hydroxylation is 1. The maximum absolute atomic E-state index is 13.1. The molecule has 4 rings (SSSR count). The Labute approximate surface area is 159 Å². The number of fused-ring (bicyclic) bond motifs is 1. The average molecular weight is 402 g/mol. The van der Waals surface area contributed by atoms with Crippen molar-refractivity contribution in [2.45, 2.75) is 18.4 Å². The van der Waals surface area contributed by atoms with Gasteiger partial charge in [-0.2, -0.15) is 5.10 Å². The highest BCUT2D eigenvalue weighted by Crippen LogP contribution is 2.27. The summed E-state index contributed by atoms with van der Waals surface area (Å²) in [6, 6.07) is 14.2. The lowest BCUT2D eigenvalue weighted by Crippen LogP contribution is -2.24. The van der Waals surface area contributed by atoms with E-state index in [1.54, 1.807) is 4.52 Å². The van der Waals surface area contributed by atoms with Gasteiger partial charge in [-0.15, -0.1) is 0 Å². The molecule has 4 aromatic rings. The lowest BCUT2D eigenvalue weighted by atomic mass is 10.1. The van der Waals surface area contributed by atoms with E-state index in [1.165, 1.54) is 23.5 Å². The van der Waals surface area contributed by atoms with Gasteiger partial charge in [0, 0.05) is 5.56 Å². The molecule has 0 radical (unpaired) electrons. The van der Waals surface area contributed by atoms with Crippen LogP contribution < -0.4 is 4.72 Å². The monoisotopic (exact) mass is 402 g/mol. The van der Waals surface area contributed by atoms with Gasteiger partial charge in [-0.3, -0.25) is 0 Å². The average Bonchev–Trinajstić information content (AvgIpc) is 3.17. The standard InChI is InChI=1S/C18H15FN4O2S2/c1-12-22-23-16(11-20-27(24,25)15-9-7-14(19)8-10-15)17(21-18(23)26-12)13-5-3-2-4-6-13/h2-10,20H,11H2,1H3. The molecule has 6 nitrogen and oxygen atoms in total. The Morgan fingerprint density at radius 1 is 1.11 bits per heavy atom. The van der Waals surface area contributed by atoms with Gasteiger partial charge in [0.25, 0.3) is 0 Å². The molecule has 9 heteroatoms. The number of halogens is 1. The molecule has 0 unspecified atom stereocenters. The third-order valence-corrected chi connectivity index (χ3v) is 6.24. The molecular formula is C18H15FN4O2S2. The molecule has 138 valence electrons. The van der Waals surface area contributed by atoms with E-state index in [-0.39, 0.29) is 11.4 Å². The number of benzene rings is 2. The molecule has 0 amide bonds. The molecule has 0 spiro atoms. The fraction of sp³-hybridized carbons (Fsp3) is 0.111. The summed E-state index contributed by atoms with van der Waals surface area (Å²) in [6.07, 6.45) is 0. The van der Waals surface area contributed by atoms with Gasteiger partial charge in [0.2, 0.25) is 15.0 Å². The first-order chi connectivity index (χ1) is 12.9. The Morgan fingerprint density at radius 2 is 1.81 bits per heavy atom. The van der Waals surface area contributed by atoms with Crippen molar-refractivity contribution in [3.8, 4) is 11.3 Å². The molecule has 2 heterocycles. The van der Waals surface area contributed by atoms with Crippen molar-refractivity contribution < 1.29 is 12.8 Å². The van der Waals surface area contributed by atoms with E-state index in [0.717, 1.165) is 22.7 Å². The summed E-state index contributed by atoms with van der Waals surface area (Å²) >= 11 is 1.43. The van der Waals surface area contributed by atoms with Crippen molar-refractivity contribution in [3.63, 3.8) is 0 Å². The maximum Gasteiger partial charge on any atom is 0.240 e. The number of hydrogen-bond acceptors (Lipinski definition) is 5. The van der Waals surface area contributed by atoms with Crippen LogP contribution in [0.25, 0.3) is 16.2 Å². The minimum Gasteiger partial charge on any atom is -0.217 e. The summed E-state index contributed by atoms with van der Waals surface area (Å²) in [7, 11) is -3.80. The molecular weight excluding hydrogens is 387 g/mol. The Kier molecular flexibility index (Phi) is 4.50. The maximum atomic E-state index is 13.1. The third-order valence-electron chi connectivity index (χ3n) is 4.00. The van der Waals surface area contributed by atoms with E-state index >= 15 is 0 Å². The highest BCUT2D eigenvalue weighted by Gasteiger charge is 2.20. The van der Waals surface area contributed by atoms with Crippen LogP contribution in [0.5, 0.6) is 0 Å². The van der Waals surface area contributed by atoms with Gasteiger partial charge in [0.1, 0.15) is 10.8 Å². The molecule has 0 saturated carbocycles. The summed E-state index contributed by atoms with van der Waals surface area (Å²) in [4.78, 5) is 5.32. The molecule has 0 aliphatic heterocycles. The van der Waals surface area contributed by atoms with Gasteiger partial charge in [0.15, 0.2) is 0 Å². The first-order valence-electron chi connectivity index (χ1n) is 8.10. The second kappa shape index (κ2) is 6.84. The first-order valence-corrected chi connectivity index (χ1v) is 10.4. The van der Waals surface area contributed by atoms with Crippen LogP contribution in [0.3, 0.4) is 0 Å². The van der Waals surface area contributed by atoms with Crippen LogP contribution in [0.1, 0.15) is 10.7 Å². The zero-order valence-corrected chi connectivity index (χ0v) is 15.9. The molecule has 0 fully saturated rings. The number of nitrogens with one attached hydrogen (secondary N) is 1. The molecule has 2 aromatic carbocycles. The van der Waals surface area contributed by atoms with Crippen molar-refractivity contribution in [2.24, 2.45) is 0 Å². The van der Waals surface area contributed by atoms with Gasteiger partial charge in [0.05, 0.1) is 22.8 Å². The third kappa shape index (κ3) is 3.48. The molecule has 0 aliphatic rings. The number of rotatable bonds is 5. The Hall–Kier alpha value is -2.62. The minimum absolute atomic E-state index is 0.000351. The van der Waals surface area contributed by atoms with Crippen LogP contribution in [0.2, 0.25) is 0 Å². The van der Waals surface area contributed by atoms with Crippen LogP contribution >= 0.6 is 11.3 Å². The van der Waals surface area contributed by atoms with Crippen LogP contribution in [-0.4, -0.2) is 23.0 Å². The quantitative estimate of drug-likeness (QED) is 0.555. The van der Waals surface area contributed by atoms with E-state index in [2.05, 4.69) is 14.8 Å². The molecule has 1 N–H and O–H groups in total. The molecule has 0 saturated heterocycles. The molecule has 2 aromatic heterocycles. The van der Waals surface area contributed by atoms with E-state index in [9.17, 15) is 12.8 Å². The van der Waals surface area contributed by atoms with Crippen LogP contribution in [0.4, 0.5) is 4.39 Å². The van der Waals surface area contributed by atoms with Gasteiger partial charge >= 0.3 is 0 Å². The van der Waals surface area contributed by atoms with Crippen molar-refractivity contribution in [1.29, 1.82) is 0 Å². The second-order valence-electron chi connectivity index (χ2n) is 5.87. The number of nitrogens with zero attached hydrogens (tertiary/aromatic N) is 3. The number of sulfonamides is 1. The number of aromatic nitrogens is 3. The van der Waals surface area contributed by atoms with Crippen LogP contribution in [-0.2, 0) is 16.6 Å². The molecule has 0 atom stereocenters. The fourth-order valence-electron chi connectivity index (χ4n) is 2.73. The van der Waals surface area contributed by atoms with Crippen molar-refractivity contribution in [1.82, 2.24) is 19.3 Å². The van der Waals surface area contributed by atoms with E-state index < -0.39 is 15.8 Å². The fourth-order valence-corrected chi connectivity index (χ4v) is 4.48. The first kappa shape index (κ1) is 17.8. The number of hydrogen-bond donors (Lipinski definition) is 1. The summed E-state index contributed by atoms with van der Waals surface area (Å²) in [5.74, 6) is -0.490. The van der Waals surface area contributed by atoms with E-state index in [4.69, 9.17) is 0 Å². The predicted octanol–water partition coefficient (Wildman–Crippen LogP) is 3.38. The molecule has 0 bridgehead atoms. The van der Waals surface area contributed by atoms with Crippen LogP contribution in [0.15, 0.2) is 59.5 Å². The van der Waals surface area contributed by atoms with E-state index in [0.29, 0.717) is 16.3 Å². The summed E-state index contributed by atoms with van der Waals surface area (Å²) in [6.45, 7) is 1.88. The summed E-state index contributed by atoms with van der Waals surface area (Å²) < 4.78 is 42.4. The minimum atomic E-state index is -3.80. The molecule has 27 heavy (non-hydrogen) atoms. The Balaban J connectivity index is 1.71. The zero-order chi connectivity index (χ0) is 19.0. The lowest BCUT2D eigenvalue weighted by Gasteiger charge is -2.08. The SMILES string of the molecule is Cc1nn2c(CNS(=O)(=O)c3ccc(F)cc3)c(-c3ccccc3)nc2s1. The van der Waals surface area contributed by atoms with Crippen molar-refractivity contribution in [3.05, 3.63) is 71.1 Å². The van der Waals surface area contributed by atoms with E-state index in [1.807, 2.05) is 37.3 Å². The van der Waals surface area contributed by atoms with Crippen LogP contribution in [0, 0.1) is 12.7 Å². The second-order valence-corrected chi connectivity index (χ2v) is 8.79. The largest absolute Gasteiger partial charge is 0.240 e. The van der Waals surface area contributed by atoms with Gasteiger partial charge in [-0.05, 0) is 31.2 Å². The Bertz CT molecular complexity index is 1200.